The van der Waals surface area contributed by atoms with Gasteiger partial charge in [0.25, 0.3) is 0 Å². The molecule has 3 aromatic heterocycles. The summed E-state index contributed by atoms with van der Waals surface area (Å²) >= 11 is 0. The molecule has 0 spiro atoms. The van der Waals surface area contributed by atoms with Crippen molar-refractivity contribution in [1.29, 1.82) is 0 Å². The number of hydrogen-bond donors (Lipinski definition) is 0. The fourth-order valence-corrected chi connectivity index (χ4v) is 1.73. The number of pyridine rings is 3. The first-order valence-electron chi connectivity index (χ1n) is 5.51. The third-order valence-corrected chi connectivity index (χ3v) is 2.64. The molecule has 0 aliphatic carbocycles. The van der Waals surface area contributed by atoms with Crippen LogP contribution in [0.3, 0.4) is 0 Å². The highest BCUT2D eigenvalue weighted by Gasteiger charge is 2.10. The maximum atomic E-state index is 12.2. The Kier molecular flexibility index (Phi) is 2.53. The number of carbonyl (C=O) groups is 1. The second kappa shape index (κ2) is 4.33. The van der Waals surface area contributed by atoms with Crippen LogP contribution in [-0.4, -0.2) is 20.7 Å². The molecule has 0 aliphatic rings. The van der Waals surface area contributed by atoms with Crippen molar-refractivity contribution in [3.05, 3.63) is 66.2 Å². The number of aromatic nitrogens is 3. The Labute approximate surface area is 103 Å². The Balaban J connectivity index is 2.07. The minimum atomic E-state index is -0.120. The van der Waals surface area contributed by atoms with Crippen molar-refractivity contribution >= 4 is 16.8 Å². The van der Waals surface area contributed by atoms with Gasteiger partial charge in [0, 0.05) is 29.5 Å². The van der Waals surface area contributed by atoms with Crippen LogP contribution in [0.5, 0.6) is 0 Å². The lowest BCUT2D eigenvalue weighted by molar-refractivity contribution is 0.103. The van der Waals surface area contributed by atoms with Gasteiger partial charge in [-0.05, 0) is 36.4 Å². The van der Waals surface area contributed by atoms with Crippen molar-refractivity contribution in [2.45, 2.75) is 0 Å². The SMILES string of the molecule is O=C(c1ccncc1)c1ccc2cccnc2n1. The van der Waals surface area contributed by atoms with Crippen LogP contribution in [0.2, 0.25) is 0 Å². The van der Waals surface area contributed by atoms with E-state index in [0.29, 0.717) is 16.9 Å². The van der Waals surface area contributed by atoms with Crippen molar-refractivity contribution in [2.75, 3.05) is 0 Å². The van der Waals surface area contributed by atoms with Crippen molar-refractivity contribution in [3.8, 4) is 0 Å². The largest absolute Gasteiger partial charge is 0.287 e. The van der Waals surface area contributed by atoms with Gasteiger partial charge in [-0.2, -0.15) is 0 Å². The van der Waals surface area contributed by atoms with E-state index in [9.17, 15) is 4.79 Å². The van der Waals surface area contributed by atoms with Gasteiger partial charge in [0.2, 0.25) is 5.78 Å². The lowest BCUT2D eigenvalue weighted by atomic mass is 10.1. The molecule has 18 heavy (non-hydrogen) atoms. The average molecular weight is 235 g/mol. The lowest BCUT2D eigenvalue weighted by Gasteiger charge is -2.01. The maximum absolute atomic E-state index is 12.2. The average Bonchev–Trinajstić information content (AvgIpc) is 2.47. The summed E-state index contributed by atoms with van der Waals surface area (Å²) in [5.41, 5.74) is 1.55. The highest BCUT2D eigenvalue weighted by atomic mass is 16.1. The zero-order valence-corrected chi connectivity index (χ0v) is 9.45. The zero-order chi connectivity index (χ0) is 12.4. The van der Waals surface area contributed by atoms with Gasteiger partial charge >= 0.3 is 0 Å². The van der Waals surface area contributed by atoms with Gasteiger partial charge in [-0.15, -0.1) is 0 Å². The molecule has 0 aromatic carbocycles. The Morgan fingerprint density at radius 3 is 2.61 bits per heavy atom. The second-order valence-electron chi connectivity index (χ2n) is 3.81. The monoisotopic (exact) mass is 235 g/mol. The second-order valence-corrected chi connectivity index (χ2v) is 3.81. The first-order valence-corrected chi connectivity index (χ1v) is 5.51. The Bertz CT molecular complexity index is 710. The number of nitrogens with zero attached hydrogens (tertiary/aromatic N) is 3. The molecule has 4 heteroatoms. The quantitative estimate of drug-likeness (QED) is 0.639. The van der Waals surface area contributed by atoms with Gasteiger partial charge in [-0.3, -0.25) is 9.78 Å². The van der Waals surface area contributed by atoms with Gasteiger partial charge in [0.05, 0.1) is 0 Å². The molecule has 0 atom stereocenters. The van der Waals surface area contributed by atoms with E-state index in [4.69, 9.17) is 0 Å². The summed E-state index contributed by atoms with van der Waals surface area (Å²) in [6, 6.07) is 10.7. The maximum Gasteiger partial charge on any atom is 0.211 e. The normalized spacial score (nSPS) is 10.4. The van der Waals surface area contributed by atoms with Crippen LogP contribution >= 0.6 is 0 Å². The van der Waals surface area contributed by atoms with E-state index in [-0.39, 0.29) is 5.78 Å². The van der Waals surface area contributed by atoms with E-state index in [2.05, 4.69) is 15.0 Å². The van der Waals surface area contributed by atoms with Crippen LogP contribution in [0.25, 0.3) is 11.0 Å². The highest BCUT2D eigenvalue weighted by molar-refractivity contribution is 6.08. The molecule has 3 heterocycles. The lowest BCUT2D eigenvalue weighted by Crippen LogP contribution is -2.04. The third-order valence-electron chi connectivity index (χ3n) is 2.64. The summed E-state index contributed by atoms with van der Waals surface area (Å²) in [6.45, 7) is 0. The molecule has 0 aliphatic heterocycles. The molecule has 4 nitrogen and oxygen atoms in total. The van der Waals surface area contributed by atoms with Crippen LogP contribution in [0.4, 0.5) is 0 Å². The van der Waals surface area contributed by atoms with Gasteiger partial charge in [-0.25, -0.2) is 9.97 Å². The van der Waals surface area contributed by atoms with Gasteiger partial charge in [-0.1, -0.05) is 0 Å². The molecule has 0 saturated carbocycles. The molecule has 3 aromatic rings. The molecule has 0 N–H and O–H groups in total. The predicted molar refractivity (Wildman–Crippen MR) is 67.2 cm³/mol. The van der Waals surface area contributed by atoms with Crippen molar-refractivity contribution in [2.24, 2.45) is 0 Å². The summed E-state index contributed by atoms with van der Waals surface area (Å²) in [7, 11) is 0. The molecule has 0 radical (unpaired) electrons. The first kappa shape index (κ1) is 10.5. The standard InChI is InChI=1S/C14H9N3O/c18-13(10-5-8-15-9-6-10)12-4-3-11-2-1-7-16-14(11)17-12/h1-9H. The Hall–Kier alpha value is -2.62. The summed E-state index contributed by atoms with van der Waals surface area (Å²) < 4.78 is 0. The summed E-state index contributed by atoms with van der Waals surface area (Å²) in [5.74, 6) is -0.120. The van der Waals surface area contributed by atoms with Gasteiger partial charge in [0.1, 0.15) is 5.69 Å². The van der Waals surface area contributed by atoms with E-state index in [1.54, 1.807) is 36.8 Å². The number of ketones is 1. The van der Waals surface area contributed by atoms with Crippen molar-refractivity contribution in [1.82, 2.24) is 15.0 Å². The summed E-state index contributed by atoms with van der Waals surface area (Å²) in [6.07, 6.45) is 4.84. The van der Waals surface area contributed by atoms with Crippen LogP contribution in [0, 0.1) is 0 Å². The van der Waals surface area contributed by atoms with Crippen LogP contribution in [0.15, 0.2) is 55.0 Å². The minimum Gasteiger partial charge on any atom is -0.287 e. The molecular formula is C14H9N3O. The molecule has 0 bridgehead atoms. The predicted octanol–water partition coefficient (Wildman–Crippen LogP) is 2.26. The zero-order valence-electron chi connectivity index (χ0n) is 9.45. The fourth-order valence-electron chi connectivity index (χ4n) is 1.73. The van der Waals surface area contributed by atoms with Crippen LogP contribution in [-0.2, 0) is 0 Å². The van der Waals surface area contributed by atoms with Crippen LogP contribution in [0.1, 0.15) is 16.1 Å². The smallest absolute Gasteiger partial charge is 0.211 e. The number of hydrogen-bond acceptors (Lipinski definition) is 4. The van der Waals surface area contributed by atoms with E-state index in [0.717, 1.165) is 5.39 Å². The molecule has 86 valence electrons. The topological polar surface area (TPSA) is 55.7 Å². The van der Waals surface area contributed by atoms with E-state index >= 15 is 0 Å². The summed E-state index contributed by atoms with van der Waals surface area (Å²) in [4.78, 5) is 24.5. The molecular weight excluding hydrogens is 226 g/mol. The molecule has 0 amide bonds. The Morgan fingerprint density at radius 2 is 1.78 bits per heavy atom. The van der Waals surface area contributed by atoms with E-state index in [1.165, 1.54) is 0 Å². The van der Waals surface area contributed by atoms with Crippen LogP contribution < -0.4 is 0 Å². The molecule has 3 rings (SSSR count). The fraction of sp³-hybridized carbons (Fsp3) is 0. The minimum absolute atomic E-state index is 0.120. The van der Waals surface area contributed by atoms with Gasteiger partial charge < -0.3 is 0 Å². The molecule has 0 unspecified atom stereocenters. The molecule has 0 fully saturated rings. The first-order chi connectivity index (χ1) is 8.84. The van der Waals surface area contributed by atoms with Crippen molar-refractivity contribution in [3.63, 3.8) is 0 Å². The van der Waals surface area contributed by atoms with Crippen molar-refractivity contribution < 1.29 is 4.79 Å². The Morgan fingerprint density at radius 1 is 0.944 bits per heavy atom. The third kappa shape index (κ3) is 1.84. The van der Waals surface area contributed by atoms with E-state index < -0.39 is 0 Å². The summed E-state index contributed by atoms with van der Waals surface area (Å²) in [5, 5.41) is 0.920. The number of rotatable bonds is 2. The number of fused-ring (bicyclic) bond motifs is 1. The van der Waals surface area contributed by atoms with E-state index in [1.807, 2.05) is 18.2 Å². The highest BCUT2D eigenvalue weighted by Crippen LogP contribution is 2.12. The number of carbonyl (C=O) groups excluding carboxylic acids is 1. The van der Waals surface area contributed by atoms with Gasteiger partial charge in [0.15, 0.2) is 5.65 Å². The molecule has 0 saturated heterocycles.